The van der Waals surface area contributed by atoms with Gasteiger partial charge in [0.2, 0.25) is 0 Å². The summed E-state index contributed by atoms with van der Waals surface area (Å²) < 4.78 is 5.19. The topological polar surface area (TPSA) is 38.3 Å². The lowest BCUT2D eigenvalue weighted by atomic mass is 9.95. The van der Waals surface area contributed by atoms with E-state index < -0.39 is 0 Å². The fourth-order valence-electron chi connectivity index (χ4n) is 2.43. The van der Waals surface area contributed by atoms with Crippen molar-refractivity contribution >= 4 is 22.6 Å². The highest BCUT2D eigenvalue weighted by Crippen LogP contribution is 2.30. The number of hydrogen-bond donors (Lipinski definition) is 1. The third-order valence-corrected chi connectivity index (χ3v) is 4.67. The number of rotatable bonds is 7. The summed E-state index contributed by atoms with van der Waals surface area (Å²) in [5.74, 6) is 1.50. The van der Waals surface area contributed by atoms with E-state index in [0.29, 0.717) is 0 Å². The van der Waals surface area contributed by atoms with Crippen LogP contribution >= 0.6 is 11.8 Å². The van der Waals surface area contributed by atoms with Crippen LogP contribution < -0.4 is 10.1 Å². The zero-order valence-corrected chi connectivity index (χ0v) is 14.6. The first-order valence-corrected chi connectivity index (χ1v) is 8.76. The van der Waals surface area contributed by atoms with Gasteiger partial charge in [0.1, 0.15) is 5.75 Å². The Morgan fingerprint density at radius 2 is 1.78 bits per heavy atom. The first-order valence-electron chi connectivity index (χ1n) is 7.78. The first kappa shape index (κ1) is 17.4. The molecule has 0 aliphatic rings. The maximum atomic E-state index is 12.4. The van der Waals surface area contributed by atoms with Crippen LogP contribution in [0.4, 0.5) is 5.69 Å². The molecule has 23 heavy (non-hydrogen) atoms. The average Bonchev–Trinajstić information content (AvgIpc) is 2.60. The highest BCUT2D eigenvalue weighted by molar-refractivity contribution is 8.13. The maximum absolute atomic E-state index is 12.4. The molecule has 2 atom stereocenters. The van der Waals surface area contributed by atoms with Gasteiger partial charge < -0.3 is 10.1 Å². The summed E-state index contributed by atoms with van der Waals surface area (Å²) in [7, 11) is 1.65. The van der Waals surface area contributed by atoms with Gasteiger partial charge in [0, 0.05) is 11.6 Å². The Bertz CT molecular complexity index is 613. The molecule has 0 aliphatic heterocycles. The van der Waals surface area contributed by atoms with Gasteiger partial charge >= 0.3 is 0 Å². The molecular weight excluding hydrogens is 306 g/mol. The number of thioether (sulfide) groups is 1. The van der Waals surface area contributed by atoms with Gasteiger partial charge in [-0.05, 0) is 35.6 Å². The van der Waals surface area contributed by atoms with E-state index in [1.54, 1.807) is 7.11 Å². The molecule has 3 nitrogen and oxygen atoms in total. The molecule has 0 heterocycles. The van der Waals surface area contributed by atoms with Gasteiger partial charge in [-0.1, -0.05) is 55.9 Å². The summed E-state index contributed by atoms with van der Waals surface area (Å²) in [6.07, 6.45) is 0. The fourth-order valence-corrected chi connectivity index (χ4v) is 3.12. The molecule has 2 aromatic rings. The van der Waals surface area contributed by atoms with Crippen molar-refractivity contribution in [3.05, 3.63) is 60.2 Å². The SMILES string of the molecule is CCSC(=O)[C@H](C)[C@@H](Nc1ccc(OC)cc1)c1ccccc1. The van der Waals surface area contributed by atoms with Gasteiger partial charge in [-0.3, -0.25) is 4.79 Å². The zero-order chi connectivity index (χ0) is 16.7. The minimum Gasteiger partial charge on any atom is -0.497 e. The van der Waals surface area contributed by atoms with Crippen molar-refractivity contribution in [1.82, 2.24) is 0 Å². The summed E-state index contributed by atoms with van der Waals surface area (Å²) in [6, 6.07) is 17.8. The number of hydrogen-bond acceptors (Lipinski definition) is 4. The van der Waals surface area contributed by atoms with Crippen LogP contribution in [-0.4, -0.2) is 18.0 Å². The lowest BCUT2D eigenvalue weighted by Gasteiger charge is -2.25. The van der Waals surface area contributed by atoms with Crippen molar-refractivity contribution in [3.8, 4) is 5.75 Å². The minimum atomic E-state index is -0.121. The van der Waals surface area contributed by atoms with Crippen molar-refractivity contribution < 1.29 is 9.53 Å². The molecule has 1 N–H and O–H groups in total. The lowest BCUT2D eigenvalue weighted by molar-refractivity contribution is -0.114. The third-order valence-electron chi connectivity index (χ3n) is 3.73. The van der Waals surface area contributed by atoms with Gasteiger partial charge in [0.05, 0.1) is 13.2 Å². The third kappa shape index (κ3) is 4.76. The molecule has 0 saturated carbocycles. The Labute approximate surface area is 142 Å². The molecule has 0 aromatic heterocycles. The Balaban J connectivity index is 2.24. The van der Waals surface area contributed by atoms with Crippen LogP contribution in [0.1, 0.15) is 25.5 Å². The van der Waals surface area contributed by atoms with Crippen molar-refractivity contribution in [2.75, 3.05) is 18.2 Å². The molecule has 2 aromatic carbocycles. The van der Waals surface area contributed by atoms with E-state index in [2.05, 4.69) is 17.4 Å². The number of benzene rings is 2. The van der Waals surface area contributed by atoms with Crippen LogP contribution in [0.15, 0.2) is 54.6 Å². The van der Waals surface area contributed by atoms with Gasteiger partial charge in [0.25, 0.3) is 0 Å². The van der Waals surface area contributed by atoms with Gasteiger partial charge in [0.15, 0.2) is 5.12 Å². The van der Waals surface area contributed by atoms with Gasteiger partial charge in [-0.2, -0.15) is 0 Å². The monoisotopic (exact) mass is 329 g/mol. The summed E-state index contributed by atoms with van der Waals surface area (Å²) >= 11 is 1.38. The summed E-state index contributed by atoms with van der Waals surface area (Å²) in [6.45, 7) is 3.99. The van der Waals surface area contributed by atoms with Crippen molar-refractivity contribution in [2.45, 2.75) is 19.9 Å². The molecule has 0 saturated heterocycles. The molecule has 0 bridgehead atoms. The van der Waals surface area contributed by atoms with E-state index in [9.17, 15) is 4.79 Å². The van der Waals surface area contributed by atoms with Crippen LogP contribution in [0.3, 0.4) is 0 Å². The molecule has 0 spiro atoms. The molecule has 0 radical (unpaired) electrons. The minimum absolute atomic E-state index is 0.0591. The first-order chi connectivity index (χ1) is 11.2. The standard InChI is InChI=1S/C19H23NO2S/c1-4-23-19(21)14(2)18(15-8-6-5-7-9-15)20-16-10-12-17(22-3)13-11-16/h5-14,18,20H,4H2,1-3H3/t14-,18-/m1/s1. The van der Waals surface area contributed by atoms with E-state index in [0.717, 1.165) is 22.8 Å². The molecule has 4 heteroatoms. The summed E-state index contributed by atoms with van der Waals surface area (Å²) in [4.78, 5) is 12.4. The number of ether oxygens (including phenoxy) is 1. The molecule has 0 fully saturated rings. The Hall–Kier alpha value is -1.94. The predicted octanol–water partition coefficient (Wildman–Crippen LogP) is 4.76. The van der Waals surface area contributed by atoms with E-state index in [-0.39, 0.29) is 17.1 Å². The second-order valence-electron chi connectivity index (χ2n) is 5.30. The largest absolute Gasteiger partial charge is 0.497 e. The second-order valence-corrected chi connectivity index (χ2v) is 6.57. The number of anilines is 1. The molecule has 0 amide bonds. The number of carbonyl (C=O) groups is 1. The van der Waals surface area contributed by atoms with Crippen molar-refractivity contribution in [2.24, 2.45) is 5.92 Å². The Morgan fingerprint density at radius 3 is 2.35 bits per heavy atom. The molecule has 0 aliphatic carbocycles. The van der Waals surface area contributed by atoms with E-state index in [1.807, 2.05) is 56.3 Å². The number of nitrogens with one attached hydrogen (secondary N) is 1. The fraction of sp³-hybridized carbons (Fsp3) is 0.316. The Kier molecular flexibility index (Phi) is 6.53. The molecule has 122 valence electrons. The van der Waals surface area contributed by atoms with Crippen LogP contribution in [-0.2, 0) is 4.79 Å². The second kappa shape index (κ2) is 8.63. The number of methoxy groups -OCH3 is 1. The van der Waals surface area contributed by atoms with E-state index in [4.69, 9.17) is 4.74 Å². The predicted molar refractivity (Wildman–Crippen MR) is 98.1 cm³/mol. The van der Waals surface area contributed by atoms with Crippen LogP contribution in [0.25, 0.3) is 0 Å². The van der Waals surface area contributed by atoms with Crippen LogP contribution in [0, 0.1) is 5.92 Å². The smallest absolute Gasteiger partial charge is 0.194 e. The van der Waals surface area contributed by atoms with Crippen LogP contribution in [0.2, 0.25) is 0 Å². The molecular formula is C19H23NO2S. The number of carbonyl (C=O) groups excluding carboxylic acids is 1. The highest BCUT2D eigenvalue weighted by Gasteiger charge is 2.25. The summed E-state index contributed by atoms with van der Waals surface area (Å²) in [5, 5.41) is 3.71. The Morgan fingerprint density at radius 1 is 1.13 bits per heavy atom. The zero-order valence-electron chi connectivity index (χ0n) is 13.8. The molecule has 2 rings (SSSR count). The normalized spacial score (nSPS) is 13.2. The quantitative estimate of drug-likeness (QED) is 0.794. The highest BCUT2D eigenvalue weighted by atomic mass is 32.2. The van der Waals surface area contributed by atoms with Gasteiger partial charge in [-0.25, -0.2) is 0 Å². The maximum Gasteiger partial charge on any atom is 0.194 e. The van der Waals surface area contributed by atoms with Crippen molar-refractivity contribution in [3.63, 3.8) is 0 Å². The van der Waals surface area contributed by atoms with Gasteiger partial charge in [-0.15, -0.1) is 0 Å². The van der Waals surface area contributed by atoms with Crippen LogP contribution in [0.5, 0.6) is 5.75 Å². The van der Waals surface area contributed by atoms with Crippen molar-refractivity contribution in [1.29, 1.82) is 0 Å². The van der Waals surface area contributed by atoms with E-state index in [1.165, 1.54) is 11.8 Å². The lowest BCUT2D eigenvalue weighted by Crippen LogP contribution is -2.24. The average molecular weight is 329 g/mol. The van der Waals surface area contributed by atoms with E-state index >= 15 is 0 Å². The summed E-state index contributed by atoms with van der Waals surface area (Å²) in [5.41, 5.74) is 2.08. The molecule has 0 unspecified atom stereocenters.